The molecule has 1 N–H and O–H groups in total. The maximum atomic E-state index is 12.1. The van der Waals surface area contributed by atoms with E-state index in [-0.39, 0.29) is 24.0 Å². The number of hydrogen-bond acceptors (Lipinski definition) is 3. The highest BCUT2D eigenvalue weighted by molar-refractivity contribution is 14.0. The van der Waals surface area contributed by atoms with Gasteiger partial charge in [-0.15, -0.1) is 24.0 Å². The molecule has 154 valence electrons. The summed E-state index contributed by atoms with van der Waals surface area (Å²) in [5.41, 5.74) is 0.996. The fourth-order valence-electron chi connectivity index (χ4n) is 3.41. The average Bonchev–Trinajstić information content (AvgIpc) is 2.58. The zero-order valence-corrected chi connectivity index (χ0v) is 20.1. The fraction of sp³-hybridized carbons (Fsp3) is 0.632. The van der Waals surface area contributed by atoms with E-state index in [1.807, 2.05) is 12.1 Å². The van der Waals surface area contributed by atoms with Crippen LogP contribution in [0.3, 0.4) is 0 Å². The molecule has 0 bridgehead atoms. The smallest absolute Gasteiger partial charge is 0.242 e. The number of guanidine groups is 1. The summed E-state index contributed by atoms with van der Waals surface area (Å²) < 4.78 is 25.5. The SMILES string of the molecule is CCNC(=NCc1ccc(S(=O)(=O)N(C)C)cc1)N1CC(C)CC(C)C1.I. The minimum absolute atomic E-state index is 0. The summed E-state index contributed by atoms with van der Waals surface area (Å²) in [5.74, 6) is 2.27. The van der Waals surface area contributed by atoms with Gasteiger partial charge in [0, 0.05) is 33.7 Å². The number of likely N-dealkylation sites (tertiary alicyclic amines) is 1. The van der Waals surface area contributed by atoms with Crippen molar-refractivity contribution >= 4 is 40.0 Å². The molecule has 1 aromatic rings. The van der Waals surface area contributed by atoms with E-state index >= 15 is 0 Å². The van der Waals surface area contributed by atoms with Crippen molar-refractivity contribution in [2.45, 2.75) is 38.6 Å². The maximum absolute atomic E-state index is 12.1. The zero-order chi connectivity index (χ0) is 19.3. The number of benzene rings is 1. The lowest BCUT2D eigenvalue weighted by molar-refractivity contribution is 0.208. The van der Waals surface area contributed by atoms with Crippen molar-refractivity contribution in [1.29, 1.82) is 0 Å². The Morgan fingerprint density at radius 1 is 1.19 bits per heavy atom. The standard InChI is InChI=1S/C19H32N4O2S.HI/c1-6-20-19(23-13-15(2)11-16(3)14-23)21-12-17-7-9-18(10-8-17)26(24,25)22(4)5;/h7-10,15-16H,6,11-14H2,1-5H3,(H,20,21);1H. The molecule has 2 unspecified atom stereocenters. The van der Waals surface area contributed by atoms with E-state index in [2.05, 4.69) is 31.0 Å². The lowest BCUT2D eigenvalue weighted by Crippen LogP contribution is -2.48. The van der Waals surface area contributed by atoms with Gasteiger partial charge in [-0.25, -0.2) is 17.7 Å². The molecular weight excluding hydrogens is 475 g/mol. The molecule has 0 radical (unpaired) electrons. The molecule has 0 aromatic heterocycles. The lowest BCUT2D eigenvalue weighted by Gasteiger charge is -2.37. The van der Waals surface area contributed by atoms with E-state index in [0.717, 1.165) is 31.2 Å². The predicted molar refractivity (Wildman–Crippen MR) is 122 cm³/mol. The topological polar surface area (TPSA) is 65.0 Å². The highest BCUT2D eigenvalue weighted by Crippen LogP contribution is 2.21. The number of nitrogens with zero attached hydrogens (tertiary/aromatic N) is 3. The number of hydrogen-bond donors (Lipinski definition) is 1. The molecule has 1 aliphatic rings. The molecule has 2 rings (SSSR count). The molecular formula is C19H33IN4O2S. The quantitative estimate of drug-likeness (QED) is 0.378. The van der Waals surface area contributed by atoms with Gasteiger partial charge in [0.05, 0.1) is 11.4 Å². The van der Waals surface area contributed by atoms with Crippen LogP contribution in [0.5, 0.6) is 0 Å². The second kappa shape index (κ2) is 10.6. The van der Waals surface area contributed by atoms with Crippen molar-refractivity contribution < 1.29 is 8.42 Å². The molecule has 1 aliphatic heterocycles. The summed E-state index contributed by atoms with van der Waals surface area (Å²) in [6.45, 7) is 10.1. The van der Waals surface area contributed by atoms with Crippen LogP contribution >= 0.6 is 24.0 Å². The Balaban J connectivity index is 0.00000364. The van der Waals surface area contributed by atoms with Crippen molar-refractivity contribution in [3.8, 4) is 0 Å². The molecule has 0 saturated carbocycles. The van der Waals surface area contributed by atoms with Crippen molar-refractivity contribution in [2.75, 3.05) is 33.7 Å². The van der Waals surface area contributed by atoms with Crippen molar-refractivity contribution in [1.82, 2.24) is 14.5 Å². The van der Waals surface area contributed by atoms with Gasteiger partial charge < -0.3 is 10.2 Å². The molecule has 0 spiro atoms. The van der Waals surface area contributed by atoms with E-state index in [1.54, 1.807) is 12.1 Å². The Morgan fingerprint density at radius 3 is 2.22 bits per heavy atom. The van der Waals surface area contributed by atoms with Crippen LogP contribution in [-0.4, -0.2) is 57.3 Å². The minimum atomic E-state index is -3.39. The van der Waals surface area contributed by atoms with E-state index in [0.29, 0.717) is 23.3 Å². The second-order valence-electron chi connectivity index (χ2n) is 7.45. The first kappa shape index (κ1) is 24.2. The summed E-state index contributed by atoms with van der Waals surface area (Å²) in [6.07, 6.45) is 1.26. The highest BCUT2D eigenvalue weighted by Gasteiger charge is 2.24. The first-order valence-electron chi connectivity index (χ1n) is 9.28. The van der Waals surface area contributed by atoms with Crippen LogP contribution < -0.4 is 5.32 Å². The summed E-state index contributed by atoms with van der Waals surface area (Å²) in [6, 6.07) is 6.98. The fourth-order valence-corrected chi connectivity index (χ4v) is 4.31. The maximum Gasteiger partial charge on any atom is 0.242 e. The molecule has 1 fully saturated rings. The molecule has 8 heteroatoms. The van der Waals surface area contributed by atoms with Crippen LogP contribution in [0.25, 0.3) is 0 Å². The normalized spacial score (nSPS) is 21.1. The monoisotopic (exact) mass is 508 g/mol. The van der Waals surface area contributed by atoms with Crippen molar-refractivity contribution in [3.63, 3.8) is 0 Å². The first-order valence-corrected chi connectivity index (χ1v) is 10.7. The Bertz CT molecular complexity index is 710. The Morgan fingerprint density at radius 2 is 1.74 bits per heavy atom. The summed E-state index contributed by atoms with van der Waals surface area (Å²) in [7, 11) is -0.309. The third-order valence-electron chi connectivity index (χ3n) is 4.62. The van der Waals surface area contributed by atoms with Crippen LogP contribution in [0.2, 0.25) is 0 Å². The van der Waals surface area contributed by atoms with Gasteiger partial charge in [0.2, 0.25) is 10.0 Å². The average molecular weight is 508 g/mol. The molecule has 2 atom stereocenters. The van der Waals surface area contributed by atoms with Gasteiger partial charge in [-0.05, 0) is 42.9 Å². The summed E-state index contributed by atoms with van der Waals surface area (Å²) >= 11 is 0. The zero-order valence-electron chi connectivity index (χ0n) is 17.0. The van der Waals surface area contributed by atoms with Gasteiger partial charge >= 0.3 is 0 Å². The number of rotatable bonds is 5. The van der Waals surface area contributed by atoms with E-state index in [4.69, 9.17) is 4.99 Å². The molecule has 1 aromatic carbocycles. The van der Waals surface area contributed by atoms with Crippen LogP contribution in [0.4, 0.5) is 0 Å². The Kier molecular flexibility index (Phi) is 9.50. The Labute approximate surface area is 181 Å². The number of nitrogens with one attached hydrogen (secondary N) is 1. The van der Waals surface area contributed by atoms with Crippen LogP contribution in [0.15, 0.2) is 34.2 Å². The molecule has 27 heavy (non-hydrogen) atoms. The van der Waals surface area contributed by atoms with Gasteiger partial charge in [0.25, 0.3) is 0 Å². The molecule has 1 heterocycles. The number of halogens is 1. The molecule has 0 aliphatic carbocycles. The first-order chi connectivity index (χ1) is 12.2. The highest BCUT2D eigenvalue weighted by atomic mass is 127. The van der Waals surface area contributed by atoms with Gasteiger partial charge in [0.1, 0.15) is 0 Å². The molecule has 6 nitrogen and oxygen atoms in total. The van der Waals surface area contributed by atoms with E-state index < -0.39 is 10.0 Å². The lowest BCUT2D eigenvalue weighted by atomic mass is 9.92. The van der Waals surface area contributed by atoms with Crippen molar-refractivity contribution in [3.05, 3.63) is 29.8 Å². The molecule has 0 amide bonds. The summed E-state index contributed by atoms with van der Waals surface area (Å²) in [5, 5.41) is 3.39. The number of sulfonamides is 1. The third-order valence-corrected chi connectivity index (χ3v) is 6.45. The predicted octanol–water partition coefficient (Wildman–Crippen LogP) is 3.00. The number of piperidine rings is 1. The largest absolute Gasteiger partial charge is 0.357 e. The van der Waals surface area contributed by atoms with Gasteiger partial charge in [-0.2, -0.15) is 0 Å². The van der Waals surface area contributed by atoms with E-state index in [9.17, 15) is 8.42 Å². The Hall–Kier alpha value is -0.870. The minimum Gasteiger partial charge on any atom is -0.357 e. The van der Waals surface area contributed by atoms with Gasteiger partial charge in [-0.1, -0.05) is 26.0 Å². The van der Waals surface area contributed by atoms with Crippen molar-refractivity contribution in [2.24, 2.45) is 16.8 Å². The van der Waals surface area contributed by atoms with Crippen LogP contribution in [-0.2, 0) is 16.6 Å². The third kappa shape index (κ3) is 6.60. The van der Waals surface area contributed by atoms with Crippen LogP contribution in [0, 0.1) is 11.8 Å². The van der Waals surface area contributed by atoms with E-state index in [1.165, 1.54) is 24.8 Å². The molecule has 1 saturated heterocycles. The van der Waals surface area contributed by atoms with Gasteiger partial charge in [-0.3, -0.25) is 0 Å². The second-order valence-corrected chi connectivity index (χ2v) is 9.60. The van der Waals surface area contributed by atoms with Crippen LogP contribution in [0.1, 0.15) is 32.8 Å². The van der Waals surface area contributed by atoms with Gasteiger partial charge in [0.15, 0.2) is 5.96 Å². The summed E-state index contributed by atoms with van der Waals surface area (Å²) in [4.78, 5) is 7.42. The number of aliphatic imine (C=N–C) groups is 1.